The second kappa shape index (κ2) is 12.9. The SMILES string of the molecule is CNC(=O)CCCCCC(NC(=O)c1cccc(-n2cccn2)c1)c1ncc(-c2cc3ccccc3nc2OC)[nH]1. The lowest BCUT2D eigenvalue weighted by Gasteiger charge is -2.17. The van der Waals surface area contributed by atoms with Crippen LogP contribution in [0.4, 0.5) is 0 Å². The van der Waals surface area contributed by atoms with Gasteiger partial charge in [0, 0.05) is 36.8 Å². The zero-order chi connectivity index (χ0) is 28.6. The monoisotopic (exact) mass is 551 g/mol. The van der Waals surface area contributed by atoms with Crippen LogP contribution < -0.4 is 15.4 Å². The van der Waals surface area contributed by atoms with Crippen molar-refractivity contribution in [2.45, 2.75) is 38.1 Å². The zero-order valence-electron chi connectivity index (χ0n) is 23.1. The van der Waals surface area contributed by atoms with Crippen molar-refractivity contribution in [3.8, 4) is 22.8 Å². The van der Waals surface area contributed by atoms with E-state index in [4.69, 9.17) is 4.74 Å². The number of pyridine rings is 1. The average Bonchev–Trinajstić information content (AvgIpc) is 3.73. The van der Waals surface area contributed by atoms with Crippen molar-refractivity contribution in [3.05, 3.63) is 90.6 Å². The predicted octanol–water partition coefficient (Wildman–Crippen LogP) is 4.99. The Labute approximate surface area is 238 Å². The molecule has 2 amide bonds. The van der Waals surface area contributed by atoms with E-state index >= 15 is 0 Å². The molecule has 0 spiro atoms. The Bertz CT molecular complexity index is 1630. The molecule has 3 heterocycles. The van der Waals surface area contributed by atoms with Gasteiger partial charge in [-0.1, -0.05) is 37.1 Å². The molecule has 2 aromatic carbocycles. The minimum atomic E-state index is -0.371. The fourth-order valence-corrected chi connectivity index (χ4v) is 4.76. The maximum absolute atomic E-state index is 13.4. The van der Waals surface area contributed by atoms with Crippen LogP contribution in [0.25, 0.3) is 27.8 Å². The van der Waals surface area contributed by atoms with Crippen LogP contribution in [0.2, 0.25) is 0 Å². The van der Waals surface area contributed by atoms with E-state index in [0.717, 1.165) is 47.1 Å². The van der Waals surface area contributed by atoms with Crippen LogP contribution in [-0.4, -0.2) is 50.7 Å². The number of carbonyl (C=O) groups excluding carboxylic acids is 2. The third kappa shape index (κ3) is 6.60. The van der Waals surface area contributed by atoms with Gasteiger partial charge in [-0.25, -0.2) is 14.6 Å². The van der Waals surface area contributed by atoms with Gasteiger partial charge in [0.15, 0.2) is 0 Å². The number of fused-ring (bicyclic) bond motifs is 1. The van der Waals surface area contributed by atoms with E-state index in [9.17, 15) is 9.59 Å². The molecule has 0 aliphatic rings. The van der Waals surface area contributed by atoms with Crippen LogP contribution >= 0.6 is 0 Å². The molecule has 3 N–H and O–H groups in total. The molecule has 10 nitrogen and oxygen atoms in total. The first kappa shape index (κ1) is 27.6. The molecule has 0 radical (unpaired) electrons. The Kier molecular flexibility index (Phi) is 8.68. The number of para-hydroxylation sites is 1. The van der Waals surface area contributed by atoms with E-state index in [-0.39, 0.29) is 17.9 Å². The summed E-state index contributed by atoms with van der Waals surface area (Å²) < 4.78 is 7.31. The predicted molar refractivity (Wildman–Crippen MR) is 157 cm³/mol. The lowest BCUT2D eigenvalue weighted by molar-refractivity contribution is -0.120. The quantitative estimate of drug-likeness (QED) is 0.188. The molecular weight excluding hydrogens is 518 g/mol. The zero-order valence-corrected chi connectivity index (χ0v) is 23.1. The maximum atomic E-state index is 13.4. The summed E-state index contributed by atoms with van der Waals surface area (Å²) in [6, 6.07) is 18.7. The van der Waals surface area contributed by atoms with Crippen molar-refractivity contribution in [1.82, 2.24) is 35.4 Å². The second-order valence-corrected chi connectivity index (χ2v) is 9.72. The first-order valence-electron chi connectivity index (χ1n) is 13.7. The van der Waals surface area contributed by atoms with Crippen molar-refractivity contribution in [2.24, 2.45) is 0 Å². The van der Waals surface area contributed by atoms with Crippen LogP contribution in [0.15, 0.2) is 79.3 Å². The highest BCUT2D eigenvalue weighted by molar-refractivity contribution is 5.95. The number of ether oxygens (including phenoxy) is 1. The van der Waals surface area contributed by atoms with Crippen LogP contribution in [0.3, 0.4) is 0 Å². The van der Waals surface area contributed by atoms with Crippen molar-refractivity contribution < 1.29 is 14.3 Å². The Hall–Kier alpha value is -4.99. The van der Waals surface area contributed by atoms with Crippen molar-refractivity contribution in [2.75, 3.05) is 14.2 Å². The normalized spacial score (nSPS) is 11.8. The van der Waals surface area contributed by atoms with E-state index in [0.29, 0.717) is 30.1 Å². The molecule has 5 rings (SSSR count). The van der Waals surface area contributed by atoms with Crippen molar-refractivity contribution >= 4 is 22.7 Å². The number of hydrogen-bond donors (Lipinski definition) is 3. The number of imidazole rings is 1. The molecular formula is C31H33N7O3. The summed E-state index contributed by atoms with van der Waals surface area (Å²) in [6.45, 7) is 0. The van der Waals surface area contributed by atoms with Crippen LogP contribution in [0.1, 0.15) is 54.3 Å². The molecule has 0 saturated carbocycles. The largest absolute Gasteiger partial charge is 0.480 e. The van der Waals surface area contributed by atoms with Gasteiger partial charge in [-0.15, -0.1) is 0 Å². The summed E-state index contributed by atoms with van der Waals surface area (Å²) in [7, 11) is 3.24. The topological polar surface area (TPSA) is 127 Å². The number of nitrogens with one attached hydrogen (secondary N) is 3. The molecule has 0 bridgehead atoms. The molecule has 1 atom stereocenters. The molecule has 0 saturated heterocycles. The van der Waals surface area contributed by atoms with E-state index in [1.807, 2.05) is 60.8 Å². The Morgan fingerprint density at radius 2 is 1.93 bits per heavy atom. The summed E-state index contributed by atoms with van der Waals surface area (Å²) in [5.74, 6) is 0.944. The number of rotatable bonds is 12. The third-order valence-electron chi connectivity index (χ3n) is 6.96. The van der Waals surface area contributed by atoms with E-state index in [1.165, 1.54) is 0 Å². The molecule has 210 valence electrons. The lowest BCUT2D eigenvalue weighted by Crippen LogP contribution is -2.29. The molecule has 0 aliphatic heterocycles. The summed E-state index contributed by atoms with van der Waals surface area (Å²) in [4.78, 5) is 37.8. The van der Waals surface area contributed by atoms with E-state index < -0.39 is 0 Å². The second-order valence-electron chi connectivity index (χ2n) is 9.72. The molecule has 0 aliphatic carbocycles. The summed E-state index contributed by atoms with van der Waals surface area (Å²) >= 11 is 0. The minimum absolute atomic E-state index is 0.0283. The fourth-order valence-electron chi connectivity index (χ4n) is 4.76. The molecule has 0 fully saturated rings. The van der Waals surface area contributed by atoms with Gasteiger partial charge in [-0.05, 0) is 49.2 Å². The van der Waals surface area contributed by atoms with E-state index in [2.05, 4.69) is 30.7 Å². The van der Waals surface area contributed by atoms with Crippen molar-refractivity contribution in [1.29, 1.82) is 0 Å². The summed E-state index contributed by atoms with van der Waals surface area (Å²) in [6.07, 6.45) is 8.84. The number of nitrogens with zero attached hydrogens (tertiary/aromatic N) is 4. The van der Waals surface area contributed by atoms with Gasteiger partial charge in [0.1, 0.15) is 5.82 Å². The first-order chi connectivity index (χ1) is 20.1. The number of carbonyl (C=O) groups is 2. The molecule has 3 aromatic heterocycles. The number of H-pyrrole nitrogens is 1. The Morgan fingerprint density at radius 3 is 2.73 bits per heavy atom. The van der Waals surface area contributed by atoms with Gasteiger partial charge in [0.2, 0.25) is 11.8 Å². The van der Waals surface area contributed by atoms with Crippen LogP contribution in [0, 0.1) is 0 Å². The number of unbranched alkanes of at least 4 members (excludes halogenated alkanes) is 2. The smallest absolute Gasteiger partial charge is 0.251 e. The lowest BCUT2D eigenvalue weighted by atomic mass is 10.1. The van der Waals surface area contributed by atoms with Crippen LogP contribution in [-0.2, 0) is 4.79 Å². The summed E-state index contributed by atoms with van der Waals surface area (Å²) in [5.41, 5.74) is 3.69. The summed E-state index contributed by atoms with van der Waals surface area (Å²) in [5, 5.41) is 11.1. The molecule has 41 heavy (non-hydrogen) atoms. The highest BCUT2D eigenvalue weighted by atomic mass is 16.5. The third-order valence-corrected chi connectivity index (χ3v) is 6.96. The fraction of sp³-hybridized carbons (Fsp3) is 0.258. The number of benzene rings is 2. The first-order valence-corrected chi connectivity index (χ1v) is 13.7. The van der Waals surface area contributed by atoms with Gasteiger partial charge in [-0.2, -0.15) is 5.10 Å². The highest BCUT2D eigenvalue weighted by Crippen LogP contribution is 2.31. The Balaban J connectivity index is 1.38. The van der Waals surface area contributed by atoms with Gasteiger partial charge >= 0.3 is 0 Å². The number of hydrogen-bond acceptors (Lipinski definition) is 6. The minimum Gasteiger partial charge on any atom is -0.480 e. The molecule has 10 heteroatoms. The van der Waals surface area contributed by atoms with Crippen LogP contribution in [0.5, 0.6) is 5.88 Å². The standard InChI is InChI=1S/C31H33N7O3/c1-32-28(39)15-5-3-4-14-26(36-30(40)22-11-8-12-23(18-22)38-17-9-16-34-38)29-33-20-27(35-29)24-19-21-10-6-7-13-25(21)37-31(24)41-2/h6-13,16-20,26H,3-5,14-15H2,1-2H3,(H,32,39)(H,33,35)(H,36,40). The molecule has 5 aromatic rings. The van der Waals surface area contributed by atoms with Gasteiger partial charge in [0.25, 0.3) is 5.91 Å². The van der Waals surface area contributed by atoms with Crippen molar-refractivity contribution in [3.63, 3.8) is 0 Å². The number of aromatic nitrogens is 5. The van der Waals surface area contributed by atoms with Gasteiger partial charge in [-0.3, -0.25) is 9.59 Å². The number of aromatic amines is 1. The number of amides is 2. The highest BCUT2D eigenvalue weighted by Gasteiger charge is 2.21. The van der Waals surface area contributed by atoms with E-state index in [1.54, 1.807) is 37.3 Å². The van der Waals surface area contributed by atoms with Gasteiger partial charge < -0.3 is 20.4 Å². The van der Waals surface area contributed by atoms with Gasteiger partial charge in [0.05, 0.1) is 41.8 Å². The maximum Gasteiger partial charge on any atom is 0.251 e. The Morgan fingerprint density at radius 1 is 1.05 bits per heavy atom. The average molecular weight is 552 g/mol. The number of methoxy groups -OCH3 is 1. The molecule has 1 unspecified atom stereocenters.